The van der Waals surface area contributed by atoms with E-state index in [1.807, 2.05) is 6.92 Å². The summed E-state index contributed by atoms with van der Waals surface area (Å²) in [6, 6.07) is 0. The SMILES string of the molecule is C/C(=C\CCC(C)O)CC[C@H]1[C@]2(CC[C@H]3C(C)(C)CCC[C@@]31C)CO2. The molecule has 0 aromatic rings. The van der Waals surface area contributed by atoms with E-state index in [1.54, 1.807) is 0 Å². The lowest BCUT2D eigenvalue weighted by Gasteiger charge is -2.59. The fraction of sp³-hybridized carbons (Fsp3) is 0.913. The second kappa shape index (κ2) is 7.00. The largest absolute Gasteiger partial charge is 0.393 e. The van der Waals surface area contributed by atoms with E-state index in [0.717, 1.165) is 31.3 Å². The van der Waals surface area contributed by atoms with Crippen LogP contribution in [0.25, 0.3) is 0 Å². The van der Waals surface area contributed by atoms with Gasteiger partial charge in [0.1, 0.15) is 0 Å². The molecule has 2 aliphatic carbocycles. The fourth-order valence-corrected chi connectivity index (χ4v) is 6.54. The Labute approximate surface area is 155 Å². The lowest BCUT2D eigenvalue weighted by Crippen LogP contribution is -2.54. The molecule has 3 rings (SSSR count). The number of hydrogen-bond donors (Lipinski definition) is 1. The van der Waals surface area contributed by atoms with Gasteiger partial charge in [0.05, 0.1) is 18.3 Å². The van der Waals surface area contributed by atoms with Crippen molar-refractivity contribution in [2.45, 2.75) is 104 Å². The molecule has 3 fully saturated rings. The third-order valence-corrected chi connectivity index (χ3v) is 7.98. The van der Waals surface area contributed by atoms with Crippen LogP contribution in [0.3, 0.4) is 0 Å². The topological polar surface area (TPSA) is 32.8 Å². The maximum Gasteiger partial charge on any atom is 0.0950 e. The highest BCUT2D eigenvalue weighted by Crippen LogP contribution is 2.66. The van der Waals surface area contributed by atoms with Crippen LogP contribution in [-0.2, 0) is 4.74 Å². The monoisotopic (exact) mass is 348 g/mol. The Bertz CT molecular complexity index is 500. The van der Waals surface area contributed by atoms with E-state index in [-0.39, 0.29) is 11.7 Å². The van der Waals surface area contributed by atoms with Crippen LogP contribution in [0.1, 0.15) is 92.4 Å². The van der Waals surface area contributed by atoms with Gasteiger partial charge in [0.25, 0.3) is 0 Å². The Hall–Kier alpha value is -0.340. The summed E-state index contributed by atoms with van der Waals surface area (Å²) in [6.07, 6.45) is 13.3. The Balaban J connectivity index is 1.69. The molecule has 1 unspecified atom stereocenters. The second-order valence-corrected chi connectivity index (χ2v) is 10.4. The highest BCUT2D eigenvalue weighted by atomic mass is 16.6. The summed E-state index contributed by atoms with van der Waals surface area (Å²) in [5, 5.41) is 9.44. The van der Waals surface area contributed by atoms with Crippen molar-refractivity contribution in [2.75, 3.05) is 6.61 Å². The number of aliphatic hydroxyl groups excluding tert-OH is 1. The van der Waals surface area contributed by atoms with Gasteiger partial charge in [-0.1, -0.05) is 38.8 Å². The zero-order valence-corrected chi connectivity index (χ0v) is 17.2. The maximum absolute atomic E-state index is 9.44. The van der Waals surface area contributed by atoms with Crippen molar-refractivity contribution in [1.29, 1.82) is 0 Å². The molecule has 1 aliphatic heterocycles. The molecule has 144 valence electrons. The zero-order chi connectivity index (χ0) is 18.3. The molecule has 0 aromatic heterocycles. The lowest BCUT2D eigenvalue weighted by molar-refractivity contribution is -0.107. The van der Waals surface area contributed by atoms with Crippen molar-refractivity contribution in [2.24, 2.45) is 22.7 Å². The first-order chi connectivity index (χ1) is 11.7. The molecule has 1 heterocycles. The molecule has 2 saturated carbocycles. The number of ether oxygens (including phenoxy) is 1. The molecule has 1 N–H and O–H groups in total. The summed E-state index contributed by atoms with van der Waals surface area (Å²) < 4.78 is 6.12. The van der Waals surface area contributed by atoms with E-state index in [0.29, 0.717) is 10.8 Å². The Morgan fingerprint density at radius 2 is 1.96 bits per heavy atom. The van der Waals surface area contributed by atoms with Gasteiger partial charge < -0.3 is 9.84 Å². The predicted octanol–water partition coefficient (Wildman–Crippen LogP) is 5.89. The zero-order valence-electron chi connectivity index (χ0n) is 17.2. The summed E-state index contributed by atoms with van der Waals surface area (Å²) >= 11 is 0. The highest BCUT2D eigenvalue weighted by molar-refractivity contribution is 5.14. The number of aliphatic hydroxyl groups is 1. The molecule has 1 saturated heterocycles. The number of hydrogen-bond acceptors (Lipinski definition) is 2. The maximum atomic E-state index is 9.44. The van der Waals surface area contributed by atoms with E-state index in [4.69, 9.17) is 4.74 Å². The highest BCUT2D eigenvalue weighted by Gasteiger charge is 2.64. The van der Waals surface area contributed by atoms with Crippen molar-refractivity contribution < 1.29 is 9.84 Å². The fourth-order valence-electron chi connectivity index (χ4n) is 6.54. The molecule has 2 nitrogen and oxygen atoms in total. The van der Waals surface area contributed by atoms with E-state index in [1.165, 1.54) is 50.5 Å². The van der Waals surface area contributed by atoms with Gasteiger partial charge in [-0.05, 0) is 87.9 Å². The van der Waals surface area contributed by atoms with Gasteiger partial charge in [0, 0.05) is 0 Å². The molecule has 5 atom stereocenters. The molecule has 0 aromatic carbocycles. The van der Waals surface area contributed by atoms with Crippen molar-refractivity contribution in [3.05, 3.63) is 11.6 Å². The van der Waals surface area contributed by atoms with Crippen LogP contribution in [0.15, 0.2) is 11.6 Å². The Morgan fingerprint density at radius 3 is 2.60 bits per heavy atom. The smallest absolute Gasteiger partial charge is 0.0950 e. The van der Waals surface area contributed by atoms with Crippen LogP contribution in [-0.4, -0.2) is 23.4 Å². The number of rotatable bonds is 6. The molecule has 1 spiro atoms. The number of epoxide rings is 1. The number of allylic oxidation sites excluding steroid dienone is 2. The first kappa shape index (κ1) is 19.4. The van der Waals surface area contributed by atoms with Gasteiger partial charge in [-0.15, -0.1) is 0 Å². The predicted molar refractivity (Wildman–Crippen MR) is 105 cm³/mol. The molecule has 0 radical (unpaired) electrons. The normalized spacial score (nSPS) is 41.4. The molecule has 0 amide bonds. The Morgan fingerprint density at radius 1 is 1.24 bits per heavy atom. The van der Waals surface area contributed by atoms with E-state index in [2.05, 4.69) is 33.8 Å². The van der Waals surface area contributed by atoms with Gasteiger partial charge in [0.15, 0.2) is 0 Å². The summed E-state index contributed by atoms with van der Waals surface area (Å²) in [5.74, 6) is 1.58. The van der Waals surface area contributed by atoms with Crippen molar-refractivity contribution in [1.82, 2.24) is 0 Å². The summed E-state index contributed by atoms with van der Waals surface area (Å²) in [6.45, 7) is 12.8. The van der Waals surface area contributed by atoms with Gasteiger partial charge in [-0.2, -0.15) is 0 Å². The molecular weight excluding hydrogens is 308 g/mol. The molecule has 3 aliphatic rings. The minimum absolute atomic E-state index is 0.185. The summed E-state index contributed by atoms with van der Waals surface area (Å²) in [4.78, 5) is 0. The average molecular weight is 349 g/mol. The van der Waals surface area contributed by atoms with E-state index < -0.39 is 0 Å². The van der Waals surface area contributed by atoms with Crippen LogP contribution in [0.5, 0.6) is 0 Å². The van der Waals surface area contributed by atoms with Gasteiger partial charge in [0.2, 0.25) is 0 Å². The van der Waals surface area contributed by atoms with E-state index >= 15 is 0 Å². The second-order valence-electron chi connectivity index (χ2n) is 10.4. The minimum atomic E-state index is -0.185. The van der Waals surface area contributed by atoms with Gasteiger partial charge >= 0.3 is 0 Å². The Kier molecular flexibility index (Phi) is 5.44. The first-order valence-electron chi connectivity index (χ1n) is 10.7. The van der Waals surface area contributed by atoms with Gasteiger partial charge in [-0.25, -0.2) is 0 Å². The lowest BCUT2D eigenvalue weighted by atomic mass is 9.45. The third-order valence-electron chi connectivity index (χ3n) is 7.98. The van der Waals surface area contributed by atoms with Crippen molar-refractivity contribution in [3.63, 3.8) is 0 Å². The van der Waals surface area contributed by atoms with Crippen LogP contribution in [0, 0.1) is 22.7 Å². The molecular formula is C23H40O2. The first-order valence-corrected chi connectivity index (χ1v) is 10.7. The number of fused-ring (bicyclic) bond motifs is 1. The average Bonchev–Trinajstić information content (AvgIpc) is 3.25. The van der Waals surface area contributed by atoms with Gasteiger partial charge in [-0.3, -0.25) is 0 Å². The quantitative estimate of drug-likeness (QED) is 0.480. The van der Waals surface area contributed by atoms with Crippen molar-refractivity contribution >= 4 is 0 Å². The van der Waals surface area contributed by atoms with Crippen LogP contribution < -0.4 is 0 Å². The molecule has 25 heavy (non-hydrogen) atoms. The van der Waals surface area contributed by atoms with Crippen LogP contribution in [0.4, 0.5) is 0 Å². The summed E-state index contributed by atoms with van der Waals surface area (Å²) in [7, 11) is 0. The van der Waals surface area contributed by atoms with E-state index in [9.17, 15) is 5.11 Å². The standard InChI is InChI=1S/C23H40O2/c1-17(8-6-9-18(2)24)10-11-20-22(5)14-7-13-21(3,4)19(22)12-15-23(20)16-25-23/h8,18-20,24H,6-7,9-16H2,1-5H3/b17-8+/t18?,19-,20+,22-,23-/m0/s1. The van der Waals surface area contributed by atoms with Crippen LogP contribution >= 0.6 is 0 Å². The van der Waals surface area contributed by atoms with Crippen LogP contribution in [0.2, 0.25) is 0 Å². The molecule has 0 bridgehead atoms. The minimum Gasteiger partial charge on any atom is -0.393 e. The molecule has 2 heteroatoms. The third kappa shape index (κ3) is 3.86. The van der Waals surface area contributed by atoms with Crippen molar-refractivity contribution in [3.8, 4) is 0 Å². The summed E-state index contributed by atoms with van der Waals surface area (Å²) in [5.41, 5.74) is 2.66.